The van der Waals surface area contributed by atoms with Crippen molar-refractivity contribution in [3.8, 4) is 0 Å². The van der Waals surface area contributed by atoms with Crippen molar-refractivity contribution in [2.24, 2.45) is 0 Å². The van der Waals surface area contributed by atoms with Gasteiger partial charge in [-0.1, -0.05) is 12.1 Å². The number of carbonyl (C=O) groups is 1. The van der Waals surface area contributed by atoms with E-state index in [2.05, 4.69) is 4.42 Å². The Balaban J connectivity index is 2.70. The Morgan fingerprint density at radius 2 is 1.84 bits per heavy atom. The minimum atomic E-state index is -1.06. The maximum absolute atomic E-state index is 12.0. The molecule has 100 valence electrons. The molecule has 19 heavy (non-hydrogen) atoms. The van der Waals surface area contributed by atoms with E-state index in [1.54, 1.807) is 32.9 Å². The molecule has 2 rings (SSSR count). The number of rotatable bonds is 0. The third kappa shape index (κ3) is 2.57. The van der Waals surface area contributed by atoms with Crippen molar-refractivity contribution in [2.75, 3.05) is 0 Å². The van der Waals surface area contributed by atoms with E-state index in [1.165, 1.54) is 12.1 Å². The van der Waals surface area contributed by atoms with E-state index in [0.29, 0.717) is 4.57 Å². The van der Waals surface area contributed by atoms with Crippen LogP contribution in [0.5, 0.6) is 0 Å². The van der Waals surface area contributed by atoms with E-state index >= 15 is 0 Å². The first-order chi connectivity index (χ1) is 8.79. The van der Waals surface area contributed by atoms with E-state index < -0.39 is 23.1 Å². The van der Waals surface area contributed by atoms with Crippen LogP contribution in [0.3, 0.4) is 0 Å². The van der Waals surface area contributed by atoms with Gasteiger partial charge in [0.15, 0.2) is 0 Å². The molecule has 6 heteroatoms. The highest BCUT2D eigenvalue weighted by Gasteiger charge is 2.22. The van der Waals surface area contributed by atoms with Crippen LogP contribution < -0.4 is 11.4 Å². The third-order valence-corrected chi connectivity index (χ3v) is 2.30. The summed E-state index contributed by atoms with van der Waals surface area (Å²) in [7, 11) is 0. The molecule has 0 N–H and O–H groups in total. The van der Waals surface area contributed by atoms with Crippen LogP contribution in [-0.4, -0.2) is 16.3 Å². The van der Waals surface area contributed by atoms with E-state index in [1.807, 2.05) is 0 Å². The SMILES string of the molecule is CC(C)(C)OC(=O)n1c(=O)oc(=O)c2ccccc21. The molecule has 6 nitrogen and oxygen atoms in total. The molecule has 0 radical (unpaired) electrons. The molecular formula is C13H13NO5. The van der Waals surface area contributed by atoms with Crippen LogP contribution in [0.25, 0.3) is 10.9 Å². The molecule has 0 amide bonds. The summed E-state index contributed by atoms with van der Waals surface area (Å²) >= 11 is 0. The van der Waals surface area contributed by atoms with Crippen molar-refractivity contribution in [1.29, 1.82) is 0 Å². The summed E-state index contributed by atoms with van der Waals surface area (Å²) < 4.78 is 10.3. The predicted octanol–water partition coefficient (Wildman–Crippen LogP) is 1.74. The summed E-state index contributed by atoms with van der Waals surface area (Å²) in [6.45, 7) is 5.03. The van der Waals surface area contributed by atoms with Crippen LogP contribution in [0, 0.1) is 0 Å². The lowest BCUT2D eigenvalue weighted by Gasteiger charge is -2.19. The Bertz CT molecular complexity index is 748. The maximum Gasteiger partial charge on any atom is 0.432 e. The van der Waals surface area contributed by atoms with Crippen molar-refractivity contribution in [2.45, 2.75) is 26.4 Å². The molecular weight excluding hydrogens is 250 g/mol. The van der Waals surface area contributed by atoms with E-state index in [9.17, 15) is 14.4 Å². The van der Waals surface area contributed by atoms with Gasteiger partial charge in [0.1, 0.15) is 5.60 Å². The largest absolute Gasteiger partial charge is 0.443 e. The minimum Gasteiger partial charge on any atom is -0.443 e. The summed E-state index contributed by atoms with van der Waals surface area (Å²) in [5.41, 5.74) is -1.37. The first-order valence-electron chi connectivity index (χ1n) is 5.68. The van der Waals surface area contributed by atoms with Gasteiger partial charge in [-0.05, 0) is 32.9 Å². The molecule has 0 aliphatic carbocycles. The predicted molar refractivity (Wildman–Crippen MR) is 68.4 cm³/mol. The molecule has 0 bridgehead atoms. The molecule has 0 aliphatic rings. The van der Waals surface area contributed by atoms with Crippen molar-refractivity contribution in [3.05, 3.63) is 45.2 Å². The van der Waals surface area contributed by atoms with Gasteiger partial charge in [-0.3, -0.25) is 0 Å². The first-order valence-corrected chi connectivity index (χ1v) is 5.68. The minimum absolute atomic E-state index is 0.146. The molecule has 1 heterocycles. The van der Waals surface area contributed by atoms with Gasteiger partial charge < -0.3 is 9.15 Å². The maximum atomic E-state index is 12.0. The normalized spacial score (nSPS) is 11.5. The Hall–Kier alpha value is -2.37. The third-order valence-electron chi connectivity index (χ3n) is 2.30. The number of carbonyl (C=O) groups excluding carboxylic acids is 1. The van der Waals surface area contributed by atoms with Gasteiger partial charge in [0.25, 0.3) is 0 Å². The molecule has 0 fully saturated rings. The highest BCUT2D eigenvalue weighted by atomic mass is 16.6. The van der Waals surface area contributed by atoms with Crippen molar-refractivity contribution >= 4 is 17.0 Å². The lowest BCUT2D eigenvalue weighted by atomic mass is 10.2. The molecule has 0 spiro atoms. The highest BCUT2D eigenvalue weighted by Crippen LogP contribution is 2.12. The Labute approximate surface area is 108 Å². The number of aromatic nitrogens is 1. The Kier molecular flexibility index (Phi) is 3.01. The van der Waals surface area contributed by atoms with Crippen molar-refractivity contribution in [3.63, 3.8) is 0 Å². The summed E-state index contributed by atoms with van der Waals surface area (Å²) in [5.74, 6) is -1.06. The Morgan fingerprint density at radius 3 is 2.47 bits per heavy atom. The molecule has 2 aromatic rings. The molecule has 1 aromatic heterocycles. The zero-order valence-corrected chi connectivity index (χ0v) is 10.8. The number of ether oxygens (including phenoxy) is 1. The molecule has 0 unspecified atom stereocenters. The second-order valence-corrected chi connectivity index (χ2v) is 4.99. The van der Waals surface area contributed by atoms with Crippen LogP contribution in [0.15, 0.2) is 38.3 Å². The van der Waals surface area contributed by atoms with Crippen LogP contribution in [0.2, 0.25) is 0 Å². The standard InChI is InChI=1S/C13H13NO5/c1-13(2,3)19-12(17)14-9-7-5-4-6-8(9)10(15)18-11(14)16/h4-7H,1-3H3. The second kappa shape index (κ2) is 4.38. The van der Waals surface area contributed by atoms with Crippen molar-refractivity contribution < 1.29 is 13.9 Å². The van der Waals surface area contributed by atoms with Crippen molar-refractivity contribution in [1.82, 2.24) is 4.57 Å². The summed E-state index contributed by atoms with van der Waals surface area (Å²) in [5, 5.41) is 0.146. The second-order valence-electron chi connectivity index (χ2n) is 4.99. The fraction of sp³-hybridized carbons (Fsp3) is 0.308. The molecule has 0 saturated heterocycles. The quantitative estimate of drug-likeness (QED) is 0.723. The van der Waals surface area contributed by atoms with E-state index in [0.717, 1.165) is 0 Å². The zero-order chi connectivity index (χ0) is 14.2. The summed E-state index contributed by atoms with van der Waals surface area (Å²) in [6, 6.07) is 6.18. The molecule has 0 atom stereocenters. The van der Waals surface area contributed by atoms with Crippen LogP contribution in [0.4, 0.5) is 4.79 Å². The van der Waals surface area contributed by atoms with Crippen LogP contribution >= 0.6 is 0 Å². The summed E-state index contributed by atoms with van der Waals surface area (Å²) in [6.07, 6.45) is -0.877. The monoisotopic (exact) mass is 263 g/mol. The topological polar surface area (TPSA) is 78.5 Å². The smallest absolute Gasteiger partial charge is 0.432 e. The Morgan fingerprint density at radius 1 is 1.21 bits per heavy atom. The van der Waals surface area contributed by atoms with Crippen LogP contribution in [-0.2, 0) is 4.74 Å². The van der Waals surface area contributed by atoms with E-state index in [4.69, 9.17) is 4.74 Å². The van der Waals surface area contributed by atoms with E-state index in [-0.39, 0.29) is 10.9 Å². The lowest BCUT2D eigenvalue weighted by molar-refractivity contribution is 0.0525. The fourth-order valence-corrected chi connectivity index (χ4v) is 1.60. The number of fused-ring (bicyclic) bond motifs is 1. The zero-order valence-electron chi connectivity index (χ0n) is 10.8. The van der Waals surface area contributed by atoms with Crippen LogP contribution in [0.1, 0.15) is 20.8 Å². The van der Waals surface area contributed by atoms with Gasteiger partial charge in [0, 0.05) is 0 Å². The number of benzene rings is 1. The first kappa shape index (κ1) is 13.1. The highest BCUT2D eigenvalue weighted by molar-refractivity contribution is 5.86. The molecule has 1 aromatic carbocycles. The van der Waals surface area contributed by atoms with Gasteiger partial charge in [-0.2, -0.15) is 4.57 Å². The summed E-state index contributed by atoms with van der Waals surface area (Å²) in [4.78, 5) is 35.2. The fourth-order valence-electron chi connectivity index (χ4n) is 1.60. The average molecular weight is 263 g/mol. The van der Waals surface area contributed by atoms with Gasteiger partial charge >= 0.3 is 17.5 Å². The number of nitrogens with zero attached hydrogens (tertiary/aromatic N) is 1. The van der Waals surface area contributed by atoms with Gasteiger partial charge in [0.05, 0.1) is 10.9 Å². The van der Waals surface area contributed by atoms with Gasteiger partial charge in [0.2, 0.25) is 0 Å². The van der Waals surface area contributed by atoms with Gasteiger partial charge in [-0.15, -0.1) is 0 Å². The average Bonchev–Trinajstić information content (AvgIpc) is 2.26. The van der Waals surface area contributed by atoms with Gasteiger partial charge in [-0.25, -0.2) is 14.4 Å². The lowest BCUT2D eigenvalue weighted by Crippen LogP contribution is -2.35. The number of para-hydroxylation sites is 1. The number of hydrogen-bond donors (Lipinski definition) is 0. The molecule has 0 saturated carbocycles. The molecule has 0 aliphatic heterocycles. The number of hydrogen-bond acceptors (Lipinski definition) is 5.